The SMILES string of the molecule is Cc1cc(CCCC2(Cc3ccc(-c4ccccc4)cc3)CNC(=O)N2C)ccc1OC(C)(C)C(=O)O. The first kappa shape index (κ1) is 26.3. The Hall–Kier alpha value is -3.80. The largest absolute Gasteiger partial charge is 0.478 e. The van der Waals surface area contributed by atoms with Crippen molar-refractivity contribution in [3.8, 4) is 16.9 Å². The van der Waals surface area contributed by atoms with Crippen molar-refractivity contribution in [2.24, 2.45) is 0 Å². The van der Waals surface area contributed by atoms with Crippen LogP contribution in [-0.2, 0) is 17.6 Å². The molecule has 2 N–H and O–H groups in total. The van der Waals surface area contributed by atoms with Crippen LogP contribution in [0.5, 0.6) is 5.75 Å². The van der Waals surface area contributed by atoms with Crippen LogP contribution < -0.4 is 10.1 Å². The first-order valence-corrected chi connectivity index (χ1v) is 12.8. The Morgan fingerprint density at radius 2 is 1.68 bits per heavy atom. The number of hydrogen-bond donors (Lipinski definition) is 2. The van der Waals surface area contributed by atoms with Crippen LogP contribution in [0.15, 0.2) is 72.8 Å². The number of benzene rings is 3. The third-order valence-corrected chi connectivity index (χ3v) is 7.41. The van der Waals surface area contributed by atoms with E-state index in [1.165, 1.54) is 22.3 Å². The second kappa shape index (κ2) is 10.7. The van der Waals surface area contributed by atoms with Gasteiger partial charge in [-0.15, -0.1) is 0 Å². The molecule has 6 heteroatoms. The van der Waals surface area contributed by atoms with Gasteiger partial charge in [0.05, 0.1) is 5.54 Å². The van der Waals surface area contributed by atoms with Crippen LogP contribution in [0.3, 0.4) is 0 Å². The molecule has 0 aromatic heterocycles. The van der Waals surface area contributed by atoms with Gasteiger partial charge in [0, 0.05) is 13.6 Å². The van der Waals surface area contributed by atoms with Gasteiger partial charge < -0.3 is 20.1 Å². The zero-order valence-electron chi connectivity index (χ0n) is 22.1. The number of aliphatic carboxylic acids is 1. The molecule has 3 aromatic carbocycles. The van der Waals surface area contributed by atoms with Gasteiger partial charge in [0.25, 0.3) is 0 Å². The van der Waals surface area contributed by atoms with E-state index in [9.17, 15) is 14.7 Å². The van der Waals surface area contributed by atoms with E-state index in [1.807, 2.05) is 49.2 Å². The van der Waals surface area contributed by atoms with Crippen LogP contribution >= 0.6 is 0 Å². The monoisotopic (exact) mass is 500 g/mol. The minimum absolute atomic E-state index is 0.0284. The van der Waals surface area contributed by atoms with Gasteiger partial charge in [-0.3, -0.25) is 0 Å². The number of amides is 2. The van der Waals surface area contributed by atoms with Crippen molar-refractivity contribution in [2.45, 2.75) is 57.6 Å². The number of nitrogens with one attached hydrogen (secondary N) is 1. The minimum atomic E-state index is -1.29. The fourth-order valence-electron chi connectivity index (χ4n) is 4.97. The summed E-state index contributed by atoms with van der Waals surface area (Å²) in [6.07, 6.45) is 3.43. The predicted molar refractivity (Wildman–Crippen MR) is 146 cm³/mol. The van der Waals surface area contributed by atoms with Crippen molar-refractivity contribution >= 4 is 12.0 Å². The second-order valence-corrected chi connectivity index (χ2v) is 10.6. The third kappa shape index (κ3) is 5.96. The summed E-state index contributed by atoms with van der Waals surface area (Å²) in [6.45, 7) is 5.65. The number of carbonyl (C=O) groups excluding carboxylic acids is 1. The number of carboxylic acids is 1. The molecule has 3 aromatic rings. The third-order valence-electron chi connectivity index (χ3n) is 7.41. The summed E-state index contributed by atoms with van der Waals surface area (Å²) in [6, 6.07) is 24.8. The Morgan fingerprint density at radius 1 is 1.03 bits per heavy atom. The summed E-state index contributed by atoms with van der Waals surface area (Å²) >= 11 is 0. The van der Waals surface area contributed by atoms with Gasteiger partial charge >= 0.3 is 12.0 Å². The number of carbonyl (C=O) groups is 2. The number of aryl methyl sites for hydroxylation is 2. The zero-order valence-corrected chi connectivity index (χ0v) is 22.1. The number of likely N-dealkylation sites (N-methyl/N-ethyl adjacent to an activating group) is 1. The summed E-state index contributed by atoms with van der Waals surface area (Å²) in [5.74, 6) is -0.420. The number of urea groups is 1. The van der Waals surface area contributed by atoms with Crippen molar-refractivity contribution in [3.63, 3.8) is 0 Å². The molecule has 2 amide bonds. The van der Waals surface area contributed by atoms with E-state index in [1.54, 1.807) is 13.8 Å². The lowest BCUT2D eigenvalue weighted by Gasteiger charge is -2.35. The highest BCUT2D eigenvalue weighted by Crippen LogP contribution is 2.31. The molecule has 0 bridgehead atoms. The molecule has 4 rings (SSSR count). The van der Waals surface area contributed by atoms with Crippen LogP contribution in [0.25, 0.3) is 11.1 Å². The van der Waals surface area contributed by atoms with Crippen LogP contribution in [0.2, 0.25) is 0 Å². The lowest BCUT2D eigenvalue weighted by molar-refractivity contribution is -0.152. The maximum atomic E-state index is 12.5. The fourth-order valence-corrected chi connectivity index (χ4v) is 4.97. The number of ether oxygens (including phenoxy) is 1. The standard InChI is InChI=1S/C31H36N2O4/c1-22-19-23(14-17-27(22)37-30(2,3)28(34)35)9-8-18-31(21-32-29(36)33(31)4)20-24-12-15-26(16-13-24)25-10-6-5-7-11-25/h5-7,10-17,19H,8-9,18,20-21H2,1-4H3,(H,32,36)(H,34,35). The van der Waals surface area contributed by atoms with Gasteiger partial charge in [0.1, 0.15) is 5.75 Å². The summed E-state index contributed by atoms with van der Waals surface area (Å²) in [5, 5.41) is 12.4. The van der Waals surface area contributed by atoms with Gasteiger partial charge in [0.15, 0.2) is 5.60 Å². The van der Waals surface area contributed by atoms with Crippen molar-refractivity contribution in [3.05, 3.63) is 89.5 Å². The smallest absolute Gasteiger partial charge is 0.347 e. The molecule has 0 radical (unpaired) electrons. The average molecular weight is 501 g/mol. The van der Waals surface area contributed by atoms with Gasteiger partial charge in [-0.05, 0) is 80.3 Å². The lowest BCUT2D eigenvalue weighted by atomic mass is 9.84. The zero-order chi connectivity index (χ0) is 26.6. The Morgan fingerprint density at radius 3 is 2.27 bits per heavy atom. The van der Waals surface area contributed by atoms with Crippen LogP contribution in [-0.4, -0.2) is 46.7 Å². The van der Waals surface area contributed by atoms with Crippen molar-refractivity contribution < 1.29 is 19.4 Å². The first-order chi connectivity index (χ1) is 17.6. The minimum Gasteiger partial charge on any atom is -0.478 e. The highest BCUT2D eigenvalue weighted by molar-refractivity contribution is 5.78. The molecular weight excluding hydrogens is 464 g/mol. The first-order valence-electron chi connectivity index (χ1n) is 12.8. The molecule has 0 saturated carbocycles. The molecule has 1 fully saturated rings. The van der Waals surface area contributed by atoms with E-state index in [2.05, 4.69) is 47.8 Å². The van der Waals surface area contributed by atoms with Crippen molar-refractivity contribution in [2.75, 3.05) is 13.6 Å². The lowest BCUT2D eigenvalue weighted by Crippen LogP contribution is -2.46. The van der Waals surface area contributed by atoms with Gasteiger partial charge in [-0.25, -0.2) is 9.59 Å². The molecule has 1 heterocycles. The Balaban J connectivity index is 1.43. The maximum Gasteiger partial charge on any atom is 0.347 e. The Labute approximate surface area is 219 Å². The number of hydrogen-bond acceptors (Lipinski definition) is 3. The topological polar surface area (TPSA) is 78.9 Å². The quantitative estimate of drug-likeness (QED) is 0.365. The van der Waals surface area contributed by atoms with E-state index in [-0.39, 0.29) is 11.6 Å². The fraction of sp³-hybridized carbons (Fsp3) is 0.355. The molecule has 0 spiro atoms. The molecule has 6 nitrogen and oxygen atoms in total. The molecule has 1 aliphatic rings. The van der Waals surface area contributed by atoms with E-state index < -0.39 is 11.6 Å². The van der Waals surface area contributed by atoms with E-state index in [0.29, 0.717) is 12.3 Å². The summed E-state index contributed by atoms with van der Waals surface area (Å²) < 4.78 is 5.73. The molecule has 37 heavy (non-hydrogen) atoms. The predicted octanol–water partition coefficient (Wildman–Crippen LogP) is 5.86. The second-order valence-electron chi connectivity index (χ2n) is 10.6. The number of rotatable bonds is 10. The van der Waals surface area contributed by atoms with Crippen LogP contribution in [0.4, 0.5) is 4.79 Å². The molecular formula is C31H36N2O4. The highest BCUT2D eigenvalue weighted by Gasteiger charge is 2.42. The van der Waals surface area contributed by atoms with Gasteiger partial charge in [0.2, 0.25) is 0 Å². The summed E-state index contributed by atoms with van der Waals surface area (Å²) in [4.78, 5) is 25.7. The summed E-state index contributed by atoms with van der Waals surface area (Å²) in [7, 11) is 1.89. The molecule has 1 atom stereocenters. The molecule has 1 saturated heterocycles. The molecule has 1 aliphatic heterocycles. The molecule has 0 aliphatic carbocycles. The number of carboxylic acid groups (broad SMARTS) is 1. The normalized spacial score (nSPS) is 17.5. The van der Waals surface area contributed by atoms with Gasteiger partial charge in [-0.2, -0.15) is 0 Å². The molecule has 194 valence electrons. The van der Waals surface area contributed by atoms with E-state index >= 15 is 0 Å². The van der Waals surface area contributed by atoms with E-state index in [4.69, 9.17) is 4.74 Å². The van der Waals surface area contributed by atoms with Crippen LogP contribution in [0.1, 0.15) is 43.4 Å². The maximum absolute atomic E-state index is 12.5. The Kier molecular flexibility index (Phi) is 7.58. The average Bonchev–Trinajstić information content (AvgIpc) is 3.15. The summed E-state index contributed by atoms with van der Waals surface area (Å²) in [5.41, 5.74) is 4.09. The van der Waals surface area contributed by atoms with E-state index in [0.717, 1.165) is 31.2 Å². The Bertz CT molecular complexity index is 1250. The highest BCUT2D eigenvalue weighted by atomic mass is 16.5. The van der Waals surface area contributed by atoms with Crippen LogP contribution in [0, 0.1) is 6.92 Å². The van der Waals surface area contributed by atoms with Crippen molar-refractivity contribution in [1.29, 1.82) is 0 Å². The molecule has 1 unspecified atom stereocenters. The number of nitrogens with zero attached hydrogens (tertiary/aromatic N) is 1. The van der Waals surface area contributed by atoms with Crippen molar-refractivity contribution in [1.82, 2.24) is 10.2 Å². The van der Waals surface area contributed by atoms with Gasteiger partial charge in [-0.1, -0.05) is 66.7 Å².